The van der Waals surface area contributed by atoms with Crippen LogP contribution in [0.5, 0.6) is 5.75 Å². The molecule has 0 fully saturated rings. The number of pyridine rings is 1. The largest absolute Gasteiger partial charge is 0.507 e. The molecule has 0 saturated carbocycles. The van der Waals surface area contributed by atoms with Crippen molar-refractivity contribution in [3.63, 3.8) is 0 Å². The Balaban J connectivity index is 1.33. The van der Waals surface area contributed by atoms with Crippen LogP contribution in [-0.4, -0.2) is 19.6 Å². The van der Waals surface area contributed by atoms with Gasteiger partial charge in [-0.1, -0.05) is 136 Å². The number of nitrogens with zero attached hydrogens (tertiary/aromatic N) is 3. The normalized spacial score (nSPS) is 12.8. The first-order chi connectivity index (χ1) is 30.6. The summed E-state index contributed by atoms with van der Waals surface area (Å²) in [4.78, 5) is 10.3. The molecule has 0 unspecified atom stereocenters. The molecule has 9 rings (SSSR count). The molecular weight excluding hydrogens is 719 g/mol. The number of phenols is 1. The number of rotatable bonds is 7. The Kier molecular flexibility index (Phi) is 8.15. The molecule has 9 aromatic rings. The molecular formula is C55H47N3O. The summed E-state index contributed by atoms with van der Waals surface area (Å²) in [5.74, 6) is 0.773. The van der Waals surface area contributed by atoms with Crippen LogP contribution in [0.2, 0.25) is 0 Å². The maximum atomic E-state index is 11.9. The van der Waals surface area contributed by atoms with Crippen LogP contribution in [0.15, 0.2) is 170 Å². The molecule has 0 spiro atoms. The van der Waals surface area contributed by atoms with E-state index in [0.29, 0.717) is 22.6 Å². The van der Waals surface area contributed by atoms with Crippen molar-refractivity contribution in [3.8, 4) is 78.6 Å². The quantitative estimate of drug-likeness (QED) is 0.176. The Morgan fingerprint density at radius 3 is 1.97 bits per heavy atom. The second-order valence-electron chi connectivity index (χ2n) is 16.3. The second kappa shape index (κ2) is 15.0. The number of imidazole rings is 1. The van der Waals surface area contributed by atoms with Gasteiger partial charge < -0.3 is 5.11 Å². The molecule has 4 nitrogen and oxygen atoms in total. The zero-order valence-corrected chi connectivity index (χ0v) is 34.1. The molecule has 0 aliphatic heterocycles. The number of fused-ring (bicyclic) bond motifs is 1. The summed E-state index contributed by atoms with van der Waals surface area (Å²) in [7, 11) is 0. The summed E-state index contributed by atoms with van der Waals surface area (Å²) in [5, 5.41) is 11.9. The van der Waals surface area contributed by atoms with Crippen molar-refractivity contribution in [1.82, 2.24) is 14.5 Å². The zero-order valence-electron chi connectivity index (χ0n) is 39.1. The number of hydrogen-bond donors (Lipinski definition) is 1. The van der Waals surface area contributed by atoms with Gasteiger partial charge in [-0.25, -0.2) is 4.98 Å². The standard InChI is InChI=1S/C55H47N3O/c1-35-27-37(3)53(59)48(28-35)54-57-52-45(42-30-43(32-44(31-42)55(4,5)6)49-33-41(25-26-56-49)38-17-10-7-11-18-38)23-16-24-50(52)58(54)51-34-46(39-19-12-8-13-20-39)36(2)29-47(51)40-21-14-9-15-22-40/h7-34,59H,1-6H3/i7D,10D,11D,17D,18D. The number of aryl methyl sites for hydroxylation is 3. The molecule has 0 aliphatic rings. The Bertz CT molecular complexity index is 3270. The van der Waals surface area contributed by atoms with Gasteiger partial charge in [-0.3, -0.25) is 9.55 Å². The maximum absolute atomic E-state index is 11.9. The van der Waals surface area contributed by atoms with Gasteiger partial charge in [-0.05, 0) is 130 Å². The summed E-state index contributed by atoms with van der Waals surface area (Å²) >= 11 is 0. The van der Waals surface area contributed by atoms with Crippen LogP contribution in [0.1, 0.15) is 49.9 Å². The SMILES string of the molecule is [2H]c1c([2H])c([2H])c(-c2ccnc(-c3cc(-c4cccc5c4nc(-c4cc(C)cc(C)c4O)n5-c4cc(-c5ccccc5)c(C)cc4-c4ccccc4)cc(C(C)(C)C)c3)c2)c([2H])c1[2H]. The minimum Gasteiger partial charge on any atom is -0.507 e. The van der Waals surface area contributed by atoms with Crippen molar-refractivity contribution in [2.24, 2.45) is 0 Å². The number of hydrogen-bond acceptors (Lipinski definition) is 3. The van der Waals surface area contributed by atoms with Crippen molar-refractivity contribution in [3.05, 3.63) is 192 Å². The lowest BCUT2D eigenvalue weighted by Gasteiger charge is -2.22. The van der Waals surface area contributed by atoms with Gasteiger partial charge in [0.05, 0.1) is 34.8 Å². The van der Waals surface area contributed by atoms with Crippen LogP contribution in [-0.2, 0) is 5.41 Å². The lowest BCUT2D eigenvalue weighted by molar-refractivity contribution is 0.472. The molecule has 59 heavy (non-hydrogen) atoms. The first kappa shape index (κ1) is 32.0. The lowest BCUT2D eigenvalue weighted by atomic mass is 9.83. The maximum Gasteiger partial charge on any atom is 0.149 e. The highest BCUT2D eigenvalue weighted by atomic mass is 16.3. The van der Waals surface area contributed by atoms with Crippen molar-refractivity contribution < 1.29 is 12.0 Å². The average Bonchev–Trinajstić information content (AvgIpc) is 3.68. The first-order valence-electron chi connectivity index (χ1n) is 22.4. The Morgan fingerprint density at radius 2 is 1.25 bits per heavy atom. The van der Waals surface area contributed by atoms with E-state index in [9.17, 15) is 5.11 Å². The predicted octanol–water partition coefficient (Wildman–Crippen LogP) is 14.4. The van der Waals surface area contributed by atoms with Gasteiger partial charge >= 0.3 is 0 Å². The van der Waals surface area contributed by atoms with Gasteiger partial charge in [0.15, 0.2) is 0 Å². The molecule has 0 saturated heterocycles. The Hall–Kier alpha value is -7.04. The van der Waals surface area contributed by atoms with Crippen LogP contribution >= 0.6 is 0 Å². The molecule has 1 N–H and O–H groups in total. The summed E-state index contributed by atoms with van der Waals surface area (Å²) < 4.78 is 44.3. The molecule has 288 valence electrons. The fourth-order valence-corrected chi connectivity index (χ4v) is 8.05. The van der Waals surface area contributed by atoms with Crippen LogP contribution in [0.25, 0.3) is 83.9 Å². The fraction of sp³-hybridized carbons (Fsp3) is 0.127. The summed E-state index contributed by atoms with van der Waals surface area (Å²) in [6, 6.07) is 43.6. The topological polar surface area (TPSA) is 50.9 Å². The fourth-order valence-electron chi connectivity index (χ4n) is 8.05. The minimum atomic E-state index is -0.432. The van der Waals surface area contributed by atoms with Gasteiger partial charge in [-0.15, -0.1) is 0 Å². The van der Waals surface area contributed by atoms with E-state index in [1.807, 2.05) is 38.1 Å². The third kappa shape index (κ3) is 7.12. The molecule has 2 heterocycles. The highest BCUT2D eigenvalue weighted by molar-refractivity contribution is 5.98. The van der Waals surface area contributed by atoms with Crippen LogP contribution in [0.3, 0.4) is 0 Å². The molecule has 0 bridgehead atoms. The third-order valence-electron chi connectivity index (χ3n) is 11.1. The molecule has 0 aliphatic carbocycles. The number of aromatic hydroxyl groups is 1. The summed E-state index contributed by atoms with van der Waals surface area (Å²) in [6.45, 7) is 12.6. The van der Waals surface area contributed by atoms with Crippen molar-refractivity contribution >= 4 is 11.0 Å². The van der Waals surface area contributed by atoms with E-state index in [2.05, 4.69) is 129 Å². The van der Waals surface area contributed by atoms with E-state index in [1.54, 1.807) is 18.3 Å². The van der Waals surface area contributed by atoms with Crippen molar-refractivity contribution in [1.29, 1.82) is 0 Å². The first-order valence-corrected chi connectivity index (χ1v) is 19.9. The summed E-state index contributed by atoms with van der Waals surface area (Å²) in [6.07, 6.45) is 1.62. The average molecular weight is 771 g/mol. The van der Waals surface area contributed by atoms with Gasteiger partial charge in [0, 0.05) is 22.9 Å². The van der Waals surface area contributed by atoms with Crippen molar-refractivity contribution in [2.45, 2.75) is 47.0 Å². The molecule has 0 amide bonds. The number of benzene rings is 7. The van der Waals surface area contributed by atoms with Gasteiger partial charge in [0.2, 0.25) is 0 Å². The third-order valence-corrected chi connectivity index (χ3v) is 11.1. The van der Waals surface area contributed by atoms with E-state index >= 15 is 0 Å². The Labute approximate surface area is 354 Å². The number of phenolic OH excluding ortho intramolecular Hbond substituents is 1. The second-order valence-corrected chi connectivity index (χ2v) is 16.3. The molecule has 4 heteroatoms. The monoisotopic (exact) mass is 770 g/mol. The van der Waals surface area contributed by atoms with Crippen LogP contribution in [0.4, 0.5) is 0 Å². The van der Waals surface area contributed by atoms with Gasteiger partial charge in [0.1, 0.15) is 11.6 Å². The predicted molar refractivity (Wildman–Crippen MR) is 246 cm³/mol. The van der Waals surface area contributed by atoms with Gasteiger partial charge in [0.25, 0.3) is 0 Å². The van der Waals surface area contributed by atoms with Gasteiger partial charge in [-0.2, -0.15) is 0 Å². The summed E-state index contributed by atoms with van der Waals surface area (Å²) in [5.41, 5.74) is 14.8. The smallest absolute Gasteiger partial charge is 0.149 e. The van der Waals surface area contributed by atoms with E-state index in [0.717, 1.165) is 77.9 Å². The highest BCUT2D eigenvalue weighted by Crippen LogP contribution is 2.44. The molecule has 2 aromatic heterocycles. The van der Waals surface area contributed by atoms with E-state index in [4.69, 9.17) is 16.8 Å². The molecule has 7 aromatic carbocycles. The van der Waals surface area contributed by atoms with Crippen LogP contribution in [0, 0.1) is 20.8 Å². The Morgan fingerprint density at radius 1 is 0.559 bits per heavy atom. The van der Waals surface area contributed by atoms with Crippen molar-refractivity contribution in [2.75, 3.05) is 0 Å². The minimum absolute atomic E-state index is 0.126. The number of aromatic nitrogens is 3. The lowest BCUT2D eigenvalue weighted by Crippen LogP contribution is -2.11. The van der Waals surface area contributed by atoms with Crippen LogP contribution < -0.4 is 0 Å². The number of para-hydroxylation sites is 1. The van der Waals surface area contributed by atoms with E-state index in [1.165, 1.54) is 0 Å². The molecule has 0 radical (unpaired) electrons. The molecule has 0 atom stereocenters. The zero-order chi connectivity index (χ0) is 45.2. The van der Waals surface area contributed by atoms with E-state index in [-0.39, 0.29) is 40.9 Å². The highest BCUT2D eigenvalue weighted by Gasteiger charge is 2.25. The van der Waals surface area contributed by atoms with E-state index < -0.39 is 6.04 Å².